The molecule has 0 radical (unpaired) electrons. The van der Waals surface area contributed by atoms with Gasteiger partial charge in [-0.05, 0) is 32.0 Å². The molecular weight excluding hydrogens is 324 g/mol. The standard InChI is InChI=1S/C11H12Br2O2/c1-11(2)10(13)9(14)7-5-6(12)3-4-8(7)15-11/h3-5,9-10,14H,1-2H3/t9-,10+/m0/s1. The van der Waals surface area contributed by atoms with Crippen LogP contribution in [0, 0.1) is 0 Å². The molecule has 0 aromatic heterocycles. The quantitative estimate of drug-likeness (QED) is 0.736. The number of fused-ring (bicyclic) bond motifs is 1. The average molecular weight is 336 g/mol. The molecule has 1 N–H and O–H groups in total. The van der Waals surface area contributed by atoms with Crippen molar-refractivity contribution in [2.75, 3.05) is 0 Å². The van der Waals surface area contributed by atoms with E-state index in [1.165, 1.54) is 0 Å². The Morgan fingerprint density at radius 3 is 2.73 bits per heavy atom. The second-order valence-corrected chi connectivity index (χ2v) is 6.14. The Morgan fingerprint density at radius 2 is 2.07 bits per heavy atom. The molecule has 1 aliphatic heterocycles. The van der Waals surface area contributed by atoms with Crippen LogP contribution in [0.4, 0.5) is 0 Å². The van der Waals surface area contributed by atoms with Gasteiger partial charge in [0.1, 0.15) is 11.4 Å². The van der Waals surface area contributed by atoms with Crippen molar-refractivity contribution in [3.8, 4) is 5.75 Å². The van der Waals surface area contributed by atoms with E-state index in [9.17, 15) is 5.11 Å². The average Bonchev–Trinajstić information content (AvgIpc) is 2.16. The van der Waals surface area contributed by atoms with Gasteiger partial charge < -0.3 is 9.84 Å². The smallest absolute Gasteiger partial charge is 0.126 e. The van der Waals surface area contributed by atoms with Crippen molar-refractivity contribution in [2.24, 2.45) is 0 Å². The molecule has 1 aromatic carbocycles. The number of ether oxygens (including phenoxy) is 1. The highest BCUT2D eigenvalue weighted by Crippen LogP contribution is 2.43. The zero-order valence-electron chi connectivity index (χ0n) is 8.50. The molecule has 1 aromatic rings. The first-order chi connectivity index (χ1) is 6.92. The van der Waals surface area contributed by atoms with Crippen LogP contribution in [-0.4, -0.2) is 15.5 Å². The highest BCUT2D eigenvalue weighted by atomic mass is 79.9. The minimum Gasteiger partial charge on any atom is -0.486 e. The van der Waals surface area contributed by atoms with Crippen molar-refractivity contribution < 1.29 is 9.84 Å². The summed E-state index contributed by atoms with van der Waals surface area (Å²) in [6.45, 7) is 3.92. The SMILES string of the molecule is CC1(C)Oc2ccc(Br)cc2[C@H](O)[C@H]1Br. The predicted molar refractivity (Wildman–Crippen MR) is 66.5 cm³/mol. The third kappa shape index (κ3) is 1.95. The van der Waals surface area contributed by atoms with Crippen molar-refractivity contribution in [1.29, 1.82) is 0 Å². The second kappa shape index (κ2) is 3.75. The molecular formula is C11H12Br2O2. The van der Waals surface area contributed by atoms with Gasteiger partial charge in [-0.15, -0.1) is 0 Å². The third-order valence-electron chi connectivity index (χ3n) is 2.60. The molecule has 0 aliphatic carbocycles. The maximum atomic E-state index is 10.1. The number of aliphatic hydroxyl groups is 1. The van der Waals surface area contributed by atoms with Crippen molar-refractivity contribution >= 4 is 31.9 Å². The molecule has 0 saturated carbocycles. The maximum absolute atomic E-state index is 10.1. The second-order valence-electron chi connectivity index (χ2n) is 4.23. The molecule has 0 amide bonds. The predicted octanol–water partition coefficient (Wildman–Crippen LogP) is 3.42. The normalized spacial score (nSPS) is 28.1. The molecule has 2 nitrogen and oxygen atoms in total. The van der Waals surface area contributed by atoms with Gasteiger partial charge in [-0.2, -0.15) is 0 Å². The first-order valence-corrected chi connectivity index (χ1v) is 6.43. The van der Waals surface area contributed by atoms with E-state index in [1.54, 1.807) is 0 Å². The Kier molecular flexibility index (Phi) is 2.86. The molecule has 2 atom stereocenters. The van der Waals surface area contributed by atoms with Gasteiger partial charge in [0.15, 0.2) is 0 Å². The number of benzene rings is 1. The number of alkyl halides is 1. The van der Waals surface area contributed by atoms with Gasteiger partial charge in [-0.25, -0.2) is 0 Å². The molecule has 2 rings (SSSR count). The van der Waals surface area contributed by atoms with Crippen LogP contribution in [0.15, 0.2) is 22.7 Å². The van der Waals surface area contributed by atoms with E-state index >= 15 is 0 Å². The van der Waals surface area contributed by atoms with Gasteiger partial charge in [0, 0.05) is 10.0 Å². The maximum Gasteiger partial charge on any atom is 0.126 e. The van der Waals surface area contributed by atoms with Crippen LogP contribution in [0.5, 0.6) is 5.75 Å². The lowest BCUT2D eigenvalue weighted by Gasteiger charge is -2.40. The molecule has 0 bridgehead atoms. The Labute approximate surface area is 106 Å². The van der Waals surface area contributed by atoms with Gasteiger partial charge in [-0.1, -0.05) is 31.9 Å². The molecule has 1 aliphatic rings. The summed E-state index contributed by atoms with van der Waals surface area (Å²) < 4.78 is 6.78. The molecule has 4 heteroatoms. The fourth-order valence-electron chi connectivity index (χ4n) is 1.72. The van der Waals surface area contributed by atoms with E-state index in [-0.39, 0.29) is 4.83 Å². The van der Waals surface area contributed by atoms with E-state index in [2.05, 4.69) is 31.9 Å². The van der Waals surface area contributed by atoms with Crippen molar-refractivity contribution in [3.63, 3.8) is 0 Å². The highest BCUT2D eigenvalue weighted by molar-refractivity contribution is 9.10. The summed E-state index contributed by atoms with van der Waals surface area (Å²) in [7, 11) is 0. The number of halogens is 2. The first-order valence-electron chi connectivity index (χ1n) is 4.72. The Bertz CT molecular complexity index is 390. The van der Waals surface area contributed by atoms with E-state index in [4.69, 9.17) is 4.74 Å². The van der Waals surface area contributed by atoms with Gasteiger partial charge in [0.2, 0.25) is 0 Å². The number of aliphatic hydroxyl groups excluding tert-OH is 1. The fourth-order valence-corrected chi connectivity index (χ4v) is 2.48. The van der Waals surface area contributed by atoms with Crippen molar-refractivity contribution in [3.05, 3.63) is 28.2 Å². The van der Waals surface area contributed by atoms with Crippen LogP contribution in [0.25, 0.3) is 0 Å². The Morgan fingerprint density at radius 1 is 1.40 bits per heavy atom. The molecule has 1 heterocycles. The van der Waals surface area contributed by atoms with Crippen LogP contribution >= 0.6 is 31.9 Å². The molecule has 0 fully saturated rings. The third-order valence-corrected chi connectivity index (χ3v) is 4.70. The fraction of sp³-hybridized carbons (Fsp3) is 0.455. The van der Waals surface area contributed by atoms with E-state index in [0.717, 1.165) is 15.8 Å². The van der Waals surface area contributed by atoms with Crippen molar-refractivity contribution in [1.82, 2.24) is 0 Å². The topological polar surface area (TPSA) is 29.5 Å². The van der Waals surface area contributed by atoms with Crippen LogP contribution in [0.1, 0.15) is 25.5 Å². The van der Waals surface area contributed by atoms with Gasteiger partial charge in [0.25, 0.3) is 0 Å². The zero-order chi connectivity index (χ0) is 11.2. The van der Waals surface area contributed by atoms with E-state index < -0.39 is 11.7 Å². The lowest BCUT2D eigenvalue weighted by Crippen LogP contribution is -2.45. The van der Waals surface area contributed by atoms with E-state index in [0.29, 0.717) is 0 Å². The van der Waals surface area contributed by atoms with Crippen molar-refractivity contribution in [2.45, 2.75) is 30.4 Å². The van der Waals surface area contributed by atoms with Crippen LogP contribution in [0.3, 0.4) is 0 Å². The largest absolute Gasteiger partial charge is 0.486 e. The lowest BCUT2D eigenvalue weighted by molar-refractivity contribution is 0.0225. The molecule has 0 spiro atoms. The summed E-state index contributed by atoms with van der Waals surface area (Å²) in [6.07, 6.45) is -0.541. The van der Waals surface area contributed by atoms with Crippen LogP contribution in [0.2, 0.25) is 0 Å². The Balaban J connectivity index is 2.50. The summed E-state index contributed by atoms with van der Waals surface area (Å²) >= 11 is 6.86. The number of rotatable bonds is 0. The Hall–Kier alpha value is -0.0600. The molecule has 82 valence electrons. The monoisotopic (exact) mass is 334 g/mol. The van der Waals surface area contributed by atoms with E-state index in [1.807, 2.05) is 32.0 Å². The summed E-state index contributed by atoms with van der Waals surface area (Å²) in [5.41, 5.74) is 0.422. The zero-order valence-corrected chi connectivity index (χ0v) is 11.7. The molecule has 15 heavy (non-hydrogen) atoms. The minimum atomic E-state index is -0.541. The van der Waals surface area contributed by atoms with Gasteiger partial charge in [-0.3, -0.25) is 0 Å². The lowest BCUT2D eigenvalue weighted by atomic mass is 9.92. The minimum absolute atomic E-state index is 0.105. The highest BCUT2D eigenvalue weighted by Gasteiger charge is 2.41. The summed E-state index contributed by atoms with van der Waals surface area (Å²) in [6, 6.07) is 5.68. The first kappa shape index (κ1) is 11.4. The number of hydrogen-bond donors (Lipinski definition) is 1. The summed E-state index contributed by atoms with van der Waals surface area (Å²) in [4.78, 5) is -0.105. The van der Waals surface area contributed by atoms with Crippen LogP contribution < -0.4 is 4.74 Å². The summed E-state index contributed by atoms with van der Waals surface area (Å²) in [5.74, 6) is 0.756. The van der Waals surface area contributed by atoms with Gasteiger partial charge >= 0.3 is 0 Å². The summed E-state index contributed by atoms with van der Waals surface area (Å²) in [5, 5.41) is 10.1. The van der Waals surface area contributed by atoms with Gasteiger partial charge in [0.05, 0.1) is 10.9 Å². The molecule has 0 saturated heterocycles. The number of hydrogen-bond acceptors (Lipinski definition) is 2. The molecule has 0 unspecified atom stereocenters. The van der Waals surface area contributed by atoms with Crippen LogP contribution in [-0.2, 0) is 0 Å².